The van der Waals surface area contributed by atoms with Crippen molar-refractivity contribution in [1.29, 1.82) is 0 Å². The minimum atomic E-state index is -1.87. The summed E-state index contributed by atoms with van der Waals surface area (Å²) in [7, 11) is 4.59. The van der Waals surface area contributed by atoms with Gasteiger partial charge in [-0.3, -0.25) is 0 Å². The Hall–Kier alpha value is -9.54. The van der Waals surface area contributed by atoms with Crippen molar-refractivity contribution in [3.05, 3.63) is 152 Å². The normalized spacial score (nSPS) is 11.5. The Morgan fingerprint density at radius 3 is 0.714 bits per heavy atom. The molecule has 0 bridgehead atoms. The van der Waals surface area contributed by atoms with Crippen molar-refractivity contribution < 1.29 is 89.2 Å². The van der Waals surface area contributed by atoms with E-state index in [0.29, 0.717) is 0 Å². The van der Waals surface area contributed by atoms with Crippen LogP contribution in [0.4, 0.5) is 70.2 Å². The zero-order valence-corrected chi connectivity index (χ0v) is 42.4. The van der Waals surface area contributed by atoms with Crippen LogP contribution < -0.4 is 0 Å². The number of hydrogen-bond acceptors (Lipinski definition) is 14. The smallest absolute Gasteiger partial charge is 0.210 e. The molecule has 0 fully saturated rings. The van der Waals surface area contributed by atoms with E-state index in [-0.39, 0.29) is 22.3 Å². The van der Waals surface area contributed by atoms with Crippen LogP contribution in [0.25, 0.3) is 89.8 Å². The fourth-order valence-corrected chi connectivity index (χ4v) is 8.90. The van der Waals surface area contributed by atoms with E-state index in [1.165, 1.54) is 0 Å². The molecule has 4 aromatic heterocycles. The lowest BCUT2D eigenvalue weighted by Gasteiger charge is -2.20. The predicted molar refractivity (Wildman–Crippen MR) is 254 cm³/mol. The number of methoxy groups -OCH3 is 4. The number of tetrazole rings is 2. The highest BCUT2D eigenvalue weighted by atomic mass is 19.2. The van der Waals surface area contributed by atoms with Crippen LogP contribution in [-0.2, 0) is 45.4 Å². The van der Waals surface area contributed by atoms with Crippen molar-refractivity contribution >= 4 is 0 Å². The molecule has 436 valence electrons. The molecule has 84 heavy (non-hydrogen) atoms. The van der Waals surface area contributed by atoms with Crippen LogP contribution in [0.3, 0.4) is 0 Å². The Kier molecular flexibility index (Phi) is 17.0. The van der Waals surface area contributed by atoms with Crippen LogP contribution in [-0.4, -0.2) is 101 Å². The first kappa shape index (κ1) is 59.1. The van der Waals surface area contributed by atoms with E-state index in [9.17, 15) is 0 Å². The van der Waals surface area contributed by atoms with Gasteiger partial charge in [0.05, 0.1) is 72.2 Å². The fraction of sp³-hybridized carbons (Fsp3) is 0.160. The van der Waals surface area contributed by atoms with E-state index < -0.39 is 209 Å². The minimum absolute atomic E-state index is 0.252. The molecular weight excluding hydrogens is 1160 g/mol. The van der Waals surface area contributed by atoms with E-state index in [0.717, 1.165) is 65.1 Å². The number of ether oxygens (including phenoxy) is 4. The molecule has 4 heterocycles. The Labute approximate surface area is 457 Å². The number of benzene rings is 6. The first-order valence-electron chi connectivity index (χ1n) is 23.2. The second kappa shape index (κ2) is 24.1. The Bertz CT molecular complexity index is 3480. The molecule has 34 heteroatoms. The lowest BCUT2D eigenvalue weighted by molar-refractivity contribution is 0.183. The van der Waals surface area contributed by atoms with Gasteiger partial charge in [-0.05, 0) is 79.2 Å². The van der Waals surface area contributed by atoms with Crippen molar-refractivity contribution in [2.24, 2.45) is 0 Å². The zero-order valence-electron chi connectivity index (χ0n) is 42.4. The highest BCUT2D eigenvalue weighted by molar-refractivity contribution is 5.82. The van der Waals surface area contributed by atoms with Gasteiger partial charge in [0.25, 0.3) is 0 Å². The van der Waals surface area contributed by atoms with Gasteiger partial charge in [0.1, 0.15) is 22.5 Å². The van der Waals surface area contributed by atoms with Gasteiger partial charge in [-0.15, -0.1) is 20.4 Å². The van der Waals surface area contributed by atoms with Crippen LogP contribution >= 0.6 is 0 Å². The molecule has 0 radical (unpaired) electrons. The molecular formula is C50H30F16N14O4. The molecule has 0 saturated heterocycles. The largest absolute Gasteiger partial charge is 0.380 e. The van der Waals surface area contributed by atoms with Gasteiger partial charge in [0.15, 0.2) is 93.1 Å². The molecule has 10 aromatic rings. The first-order chi connectivity index (χ1) is 40.2. The van der Waals surface area contributed by atoms with Gasteiger partial charge in [0, 0.05) is 28.4 Å². The summed E-state index contributed by atoms with van der Waals surface area (Å²) in [5.41, 5.74) is -13.7. The molecule has 0 saturated carbocycles. The summed E-state index contributed by atoms with van der Waals surface area (Å²) in [6.45, 7) is -2.12. The number of halogens is 16. The SMILES string of the molecule is COCc1cc(-c2c(F)c(F)c(-c3cn[nH]n3)c(F)c2F)c(COC)cc1-c1c(F)c(F)c(-c2cn[nH]n2)c(F)c1F.COCc1cc(-c2c(F)c(F)c(-c3nn[nH]n3)c(F)c2F)c(COC)cc1-c1c(F)c(F)c(-c2nn[nH]n2)c(F)c1F. The second-order valence-electron chi connectivity index (χ2n) is 17.3. The highest BCUT2D eigenvalue weighted by Crippen LogP contribution is 2.45. The Morgan fingerprint density at radius 2 is 0.524 bits per heavy atom. The number of nitrogens with zero attached hydrogens (tertiary/aromatic N) is 10. The molecule has 10 rings (SSSR count). The third kappa shape index (κ3) is 10.2. The summed E-state index contributed by atoms with van der Waals surface area (Å²) >= 11 is 0. The molecule has 0 aliphatic carbocycles. The molecule has 6 aromatic carbocycles. The van der Waals surface area contributed by atoms with Gasteiger partial charge in [0.2, 0.25) is 11.6 Å². The second-order valence-corrected chi connectivity index (χ2v) is 17.3. The summed E-state index contributed by atoms with van der Waals surface area (Å²) in [4.78, 5) is 0. The number of H-pyrrole nitrogens is 4. The zero-order chi connectivity index (χ0) is 60.6. The predicted octanol–water partition coefficient (Wildman–Crippen LogP) is 10.8. The van der Waals surface area contributed by atoms with Crippen molar-refractivity contribution in [2.75, 3.05) is 28.4 Å². The molecule has 0 atom stereocenters. The van der Waals surface area contributed by atoms with Crippen LogP contribution in [0.15, 0.2) is 36.7 Å². The summed E-state index contributed by atoms with van der Waals surface area (Å²) in [6, 6.07) is 3.62. The molecule has 0 amide bonds. The van der Waals surface area contributed by atoms with E-state index >= 15 is 70.2 Å². The van der Waals surface area contributed by atoms with Crippen molar-refractivity contribution in [2.45, 2.75) is 26.4 Å². The maximum atomic E-state index is 15.4. The minimum Gasteiger partial charge on any atom is -0.380 e. The van der Waals surface area contributed by atoms with Gasteiger partial charge in [-0.2, -0.15) is 41.2 Å². The third-order valence-corrected chi connectivity index (χ3v) is 12.5. The molecule has 0 spiro atoms. The Balaban J connectivity index is 0.000000202. The number of rotatable bonds is 16. The quantitative estimate of drug-likeness (QED) is 0.0521. The number of aromatic nitrogens is 14. The highest BCUT2D eigenvalue weighted by Gasteiger charge is 2.36. The van der Waals surface area contributed by atoms with Crippen LogP contribution in [0.2, 0.25) is 0 Å². The van der Waals surface area contributed by atoms with E-state index in [2.05, 4.69) is 51.2 Å². The lowest BCUT2D eigenvalue weighted by atomic mass is 9.88. The van der Waals surface area contributed by atoms with Crippen molar-refractivity contribution in [3.8, 4) is 89.8 Å². The standard InChI is InChI=1S/C26H16F8N6O2.C24H14F8N8O2/c1-41-7-9-3-12(16-21(29)25(33)18(26(34)22(16)30)14-6-36-40-38-14)10(8-42-2)4-11(9)15-19(27)23(31)17(24(32)20(15)28)13-5-35-39-37-13;1-41-5-7-3-10(12-17(27)21(31)14(22(32)18(12)28)24-35-39-40-36-24)8(6-42-2)4-9(7)11-15(25)19(29)13(20(30)16(11)26)23-33-37-38-34-23/h3-6H,7-8H2,1-2H3,(H,35,37,39)(H,36,38,40);3-4H,5-6H2,1-2H3,(H,33,34,37,38)(H,35,36,39,40). The first-order valence-corrected chi connectivity index (χ1v) is 23.2. The van der Waals surface area contributed by atoms with Crippen molar-refractivity contribution in [3.63, 3.8) is 0 Å². The van der Waals surface area contributed by atoms with Gasteiger partial charge in [-0.25, -0.2) is 70.2 Å². The summed E-state index contributed by atoms with van der Waals surface area (Å²) in [6.07, 6.45) is 1.69. The van der Waals surface area contributed by atoms with Crippen LogP contribution in [0.1, 0.15) is 22.3 Å². The summed E-state index contributed by atoms with van der Waals surface area (Å²) in [5.74, 6) is -31.1. The maximum absolute atomic E-state index is 15.4. The molecule has 18 nitrogen and oxygen atoms in total. The average Bonchev–Trinajstić information content (AvgIpc) is 3.55. The topological polar surface area (TPSA) is 229 Å². The number of nitrogens with one attached hydrogen (secondary N) is 4. The average molecular weight is 1190 g/mol. The number of hydrogen-bond donors (Lipinski definition) is 4. The van der Waals surface area contributed by atoms with Gasteiger partial charge in [-0.1, -0.05) is 0 Å². The van der Waals surface area contributed by atoms with E-state index in [4.69, 9.17) is 18.9 Å². The molecule has 0 unspecified atom stereocenters. The lowest BCUT2D eigenvalue weighted by Crippen LogP contribution is -2.09. The molecule has 4 N–H and O–H groups in total. The monoisotopic (exact) mass is 1190 g/mol. The van der Waals surface area contributed by atoms with Crippen LogP contribution in [0, 0.1) is 93.1 Å². The number of aromatic amines is 4. The molecule has 0 aliphatic heterocycles. The summed E-state index contributed by atoms with van der Waals surface area (Å²) < 4.78 is 264. The third-order valence-electron chi connectivity index (χ3n) is 12.5. The maximum Gasteiger partial charge on any atom is 0.210 e. The fourth-order valence-electron chi connectivity index (χ4n) is 8.90. The van der Waals surface area contributed by atoms with Gasteiger partial charge < -0.3 is 18.9 Å². The van der Waals surface area contributed by atoms with E-state index in [1.54, 1.807) is 0 Å². The van der Waals surface area contributed by atoms with E-state index in [1.807, 2.05) is 20.9 Å². The van der Waals surface area contributed by atoms with Crippen LogP contribution in [0.5, 0.6) is 0 Å². The van der Waals surface area contributed by atoms with Gasteiger partial charge >= 0.3 is 0 Å². The van der Waals surface area contributed by atoms with Crippen molar-refractivity contribution in [1.82, 2.24) is 72.1 Å². The summed E-state index contributed by atoms with van der Waals surface area (Å²) in [5, 5.41) is 41.1. The Morgan fingerprint density at radius 1 is 0.298 bits per heavy atom. The molecule has 0 aliphatic rings.